The van der Waals surface area contributed by atoms with Gasteiger partial charge in [0.1, 0.15) is 6.61 Å². The average Bonchev–Trinajstić information content (AvgIpc) is 2.21. The van der Waals surface area contributed by atoms with Gasteiger partial charge in [0.2, 0.25) is 0 Å². The standard InChI is InChI=1S/C10H20O5/c1-9(2)15-7-6-13-4-5-14-8-10(11)12-3/h9H,4-8H2,1-3H3. The van der Waals surface area contributed by atoms with Crippen LogP contribution in [0.5, 0.6) is 0 Å². The Labute approximate surface area is 90.6 Å². The van der Waals surface area contributed by atoms with Gasteiger partial charge in [-0.05, 0) is 13.8 Å². The zero-order valence-electron chi connectivity index (χ0n) is 9.65. The zero-order chi connectivity index (χ0) is 11.5. The van der Waals surface area contributed by atoms with Crippen LogP contribution in [-0.4, -0.2) is 52.2 Å². The highest BCUT2D eigenvalue weighted by molar-refractivity contribution is 5.70. The minimum atomic E-state index is -0.377. The molecule has 5 nitrogen and oxygen atoms in total. The summed E-state index contributed by atoms with van der Waals surface area (Å²) in [5, 5.41) is 0. The predicted molar refractivity (Wildman–Crippen MR) is 54.7 cm³/mol. The molecule has 0 aliphatic carbocycles. The summed E-state index contributed by atoms with van der Waals surface area (Å²) in [4.78, 5) is 10.6. The smallest absolute Gasteiger partial charge is 0.331 e. The fourth-order valence-corrected chi connectivity index (χ4v) is 0.777. The lowest BCUT2D eigenvalue weighted by molar-refractivity contribution is -0.146. The molecule has 0 aliphatic heterocycles. The van der Waals surface area contributed by atoms with Crippen molar-refractivity contribution in [1.29, 1.82) is 0 Å². The second-order valence-electron chi connectivity index (χ2n) is 3.16. The molecule has 0 aromatic carbocycles. The number of ether oxygens (including phenoxy) is 4. The fourth-order valence-electron chi connectivity index (χ4n) is 0.777. The van der Waals surface area contributed by atoms with Crippen molar-refractivity contribution < 1.29 is 23.7 Å². The van der Waals surface area contributed by atoms with Crippen LogP contribution in [0.25, 0.3) is 0 Å². The monoisotopic (exact) mass is 220 g/mol. The van der Waals surface area contributed by atoms with E-state index in [0.717, 1.165) is 0 Å². The van der Waals surface area contributed by atoms with E-state index in [1.807, 2.05) is 13.8 Å². The van der Waals surface area contributed by atoms with E-state index in [1.165, 1.54) is 7.11 Å². The summed E-state index contributed by atoms with van der Waals surface area (Å²) in [5.74, 6) is -0.377. The van der Waals surface area contributed by atoms with Gasteiger partial charge in [-0.3, -0.25) is 0 Å². The lowest BCUT2D eigenvalue weighted by Gasteiger charge is -2.08. The van der Waals surface area contributed by atoms with Gasteiger partial charge in [-0.1, -0.05) is 0 Å². The Morgan fingerprint density at radius 2 is 1.67 bits per heavy atom. The molecule has 0 radical (unpaired) electrons. The van der Waals surface area contributed by atoms with E-state index in [1.54, 1.807) is 0 Å². The van der Waals surface area contributed by atoms with E-state index >= 15 is 0 Å². The number of hydrogen-bond acceptors (Lipinski definition) is 5. The molecule has 90 valence electrons. The molecule has 0 fully saturated rings. The third kappa shape index (κ3) is 11.3. The molecule has 0 rings (SSSR count). The highest BCUT2D eigenvalue weighted by atomic mass is 16.6. The molecule has 0 spiro atoms. The predicted octanol–water partition coefficient (Wildman–Crippen LogP) is 0.618. The third-order valence-corrected chi connectivity index (χ3v) is 1.50. The van der Waals surface area contributed by atoms with Gasteiger partial charge in [0.25, 0.3) is 0 Å². The summed E-state index contributed by atoms with van der Waals surface area (Å²) in [6.07, 6.45) is 0.226. The molecule has 0 bridgehead atoms. The van der Waals surface area contributed by atoms with Gasteiger partial charge >= 0.3 is 5.97 Å². The van der Waals surface area contributed by atoms with Crippen molar-refractivity contribution in [2.45, 2.75) is 20.0 Å². The maximum atomic E-state index is 10.6. The summed E-state index contributed by atoms with van der Waals surface area (Å²) in [7, 11) is 1.32. The van der Waals surface area contributed by atoms with Crippen molar-refractivity contribution in [2.24, 2.45) is 0 Å². The first-order chi connectivity index (χ1) is 7.16. The number of carbonyl (C=O) groups excluding carboxylic acids is 1. The molecule has 0 saturated carbocycles. The Morgan fingerprint density at radius 3 is 2.27 bits per heavy atom. The zero-order valence-corrected chi connectivity index (χ0v) is 9.65. The van der Waals surface area contributed by atoms with Crippen LogP contribution in [0.4, 0.5) is 0 Å². The van der Waals surface area contributed by atoms with Gasteiger partial charge in [-0.15, -0.1) is 0 Å². The lowest BCUT2D eigenvalue weighted by atomic mass is 10.5. The molecule has 0 aliphatic rings. The molecular weight excluding hydrogens is 200 g/mol. The van der Waals surface area contributed by atoms with Gasteiger partial charge in [0.15, 0.2) is 0 Å². The highest BCUT2D eigenvalue weighted by Crippen LogP contribution is 1.87. The molecule has 15 heavy (non-hydrogen) atoms. The van der Waals surface area contributed by atoms with Crippen molar-refractivity contribution in [3.8, 4) is 0 Å². The lowest BCUT2D eigenvalue weighted by Crippen LogP contribution is -2.15. The van der Waals surface area contributed by atoms with E-state index in [4.69, 9.17) is 14.2 Å². The normalized spacial score (nSPS) is 10.7. The quantitative estimate of drug-likeness (QED) is 0.421. The van der Waals surface area contributed by atoms with E-state index in [0.29, 0.717) is 26.4 Å². The Kier molecular flexibility index (Phi) is 9.46. The second-order valence-corrected chi connectivity index (χ2v) is 3.16. The molecule has 0 aromatic rings. The van der Waals surface area contributed by atoms with Crippen LogP contribution in [0.2, 0.25) is 0 Å². The number of rotatable bonds is 9. The van der Waals surface area contributed by atoms with E-state index in [9.17, 15) is 4.79 Å². The van der Waals surface area contributed by atoms with Crippen LogP contribution in [0.3, 0.4) is 0 Å². The van der Waals surface area contributed by atoms with E-state index in [-0.39, 0.29) is 18.7 Å². The molecule has 0 N–H and O–H groups in total. The van der Waals surface area contributed by atoms with Gasteiger partial charge < -0.3 is 18.9 Å². The molecule has 0 saturated heterocycles. The topological polar surface area (TPSA) is 54.0 Å². The summed E-state index contributed by atoms with van der Waals surface area (Å²) >= 11 is 0. The Bertz CT molecular complexity index is 158. The number of carbonyl (C=O) groups is 1. The summed E-state index contributed by atoms with van der Waals surface area (Å²) in [5.41, 5.74) is 0. The molecule has 0 unspecified atom stereocenters. The maximum absolute atomic E-state index is 10.6. The first kappa shape index (κ1) is 14.3. The van der Waals surface area contributed by atoms with Gasteiger partial charge in [0.05, 0.1) is 39.6 Å². The number of methoxy groups -OCH3 is 1. The van der Waals surface area contributed by atoms with Crippen LogP contribution in [0.15, 0.2) is 0 Å². The average molecular weight is 220 g/mol. The third-order valence-electron chi connectivity index (χ3n) is 1.50. The molecule has 0 atom stereocenters. The fraction of sp³-hybridized carbons (Fsp3) is 0.900. The minimum absolute atomic E-state index is 0.0254. The summed E-state index contributed by atoms with van der Waals surface area (Å²) in [6, 6.07) is 0. The van der Waals surface area contributed by atoms with Crippen molar-refractivity contribution in [3.05, 3.63) is 0 Å². The first-order valence-electron chi connectivity index (χ1n) is 5.00. The van der Waals surface area contributed by atoms with Crippen LogP contribution < -0.4 is 0 Å². The maximum Gasteiger partial charge on any atom is 0.331 e. The summed E-state index contributed by atoms with van der Waals surface area (Å²) in [6.45, 7) is 5.88. The van der Waals surface area contributed by atoms with Crippen LogP contribution >= 0.6 is 0 Å². The van der Waals surface area contributed by atoms with Gasteiger partial charge in [0, 0.05) is 0 Å². The number of hydrogen-bond donors (Lipinski definition) is 0. The van der Waals surface area contributed by atoms with Crippen LogP contribution in [0.1, 0.15) is 13.8 Å². The highest BCUT2D eigenvalue weighted by Gasteiger charge is 1.98. The molecular formula is C10H20O5. The first-order valence-corrected chi connectivity index (χ1v) is 5.00. The van der Waals surface area contributed by atoms with Crippen LogP contribution in [0, 0.1) is 0 Å². The van der Waals surface area contributed by atoms with Crippen molar-refractivity contribution >= 4 is 5.97 Å². The van der Waals surface area contributed by atoms with Crippen molar-refractivity contribution in [3.63, 3.8) is 0 Å². The minimum Gasteiger partial charge on any atom is -0.467 e. The van der Waals surface area contributed by atoms with Crippen molar-refractivity contribution in [1.82, 2.24) is 0 Å². The van der Waals surface area contributed by atoms with Gasteiger partial charge in [-0.25, -0.2) is 4.79 Å². The Balaban J connectivity index is 3.02. The second kappa shape index (κ2) is 9.89. The van der Waals surface area contributed by atoms with E-state index < -0.39 is 0 Å². The SMILES string of the molecule is COC(=O)COCCOCCOC(C)C. The Hall–Kier alpha value is -0.650. The molecule has 5 heteroatoms. The molecule has 0 aromatic heterocycles. The Morgan fingerprint density at radius 1 is 1.07 bits per heavy atom. The van der Waals surface area contributed by atoms with Gasteiger partial charge in [-0.2, -0.15) is 0 Å². The largest absolute Gasteiger partial charge is 0.467 e. The molecule has 0 heterocycles. The summed E-state index contributed by atoms with van der Waals surface area (Å²) < 4.78 is 19.8. The van der Waals surface area contributed by atoms with E-state index in [2.05, 4.69) is 4.74 Å². The number of esters is 1. The van der Waals surface area contributed by atoms with Crippen molar-refractivity contribution in [2.75, 3.05) is 40.1 Å². The van der Waals surface area contributed by atoms with Crippen LogP contribution in [-0.2, 0) is 23.7 Å². The molecule has 0 amide bonds.